The Morgan fingerprint density at radius 1 is 1.52 bits per heavy atom. The number of aromatic amines is 1. The Balaban J connectivity index is 2.02. The molecule has 1 saturated heterocycles. The van der Waals surface area contributed by atoms with Crippen molar-refractivity contribution in [3.63, 3.8) is 0 Å². The van der Waals surface area contributed by atoms with Crippen LogP contribution in [0, 0.1) is 11.8 Å². The van der Waals surface area contributed by atoms with E-state index in [-0.39, 0.29) is 37.5 Å². The predicted octanol–water partition coefficient (Wildman–Crippen LogP) is -0.830. The third-order valence-electron chi connectivity index (χ3n) is 3.97. The highest BCUT2D eigenvalue weighted by atomic mass is 32.1. The van der Waals surface area contributed by atoms with E-state index in [9.17, 15) is 28.4 Å². The molecule has 3 unspecified atom stereocenters. The molecular formula is C15H21N3O10P2S. The van der Waals surface area contributed by atoms with Crippen LogP contribution in [0.25, 0.3) is 0 Å². The summed E-state index contributed by atoms with van der Waals surface area (Å²) in [5.74, 6) is 5.37. The number of aromatic nitrogens is 2. The molecule has 1 fully saturated rings. The summed E-state index contributed by atoms with van der Waals surface area (Å²) in [7, 11) is -8.38. The molecule has 2 heterocycles. The fourth-order valence-corrected chi connectivity index (χ4v) is 4.17. The first-order valence-electron chi connectivity index (χ1n) is 8.84. The summed E-state index contributed by atoms with van der Waals surface area (Å²) in [6.45, 7) is -0.365. The van der Waals surface area contributed by atoms with E-state index in [1.807, 2.05) is 0 Å². The SMILES string of the molecule is O=C(CCS)NCC#Cc1cn(C2CO[C@H](COP(=O)(O)O[PH](=O)O)C2)c(=O)[nH]c1=O. The zero-order valence-corrected chi connectivity index (χ0v) is 18.8. The van der Waals surface area contributed by atoms with Crippen LogP contribution >= 0.6 is 28.7 Å². The van der Waals surface area contributed by atoms with Gasteiger partial charge in [0.1, 0.15) is 5.56 Å². The van der Waals surface area contributed by atoms with Crippen molar-refractivity contribution in [1.82, 2.24) is 14.9 Å². The maximum absolute atomic E-state index is 12.2. The van der Waals surface area contributed by atoms with Gasteiger partial charge < -0.3 is 19.8 Å². The van der Waals surface area contributed by atoms with Crippen LogP contribution in [0.3, 0.4) is 0 Å². The monoisotopic (exact) mass is 497 g/mol. The summed E-state index contributed by atoms with van der Waals surface area (Å²) in [4.78, 5) is 55.5. The zero-order chi connectivity index (χ0) is 23.0. The van der Waals surface area contributed by atoms with Crippen LogP contribution in [-0.4, -0.2) is 56.9 Å². The highest BCUT2D eigenvalue weighted by Gasteiger charge is 2.32. The van der Waals surface area contributed by atoms with E-state index >= 15 is 0 Å². The fraction of sp³-hybridized carbons (Fsp3) is 0.533. The molecule has 4 N–H and O–H groups in total. The van der Waals surface area contributed by atoms with Crippen molar-refractivity contribution < 1.29 is 37.3 Å². The van der Waals surface area contributed by atoms with Gasteiger partial charge in [-0.3, -0.25) is 28.2 Å². The maximum atomic E-state index is 12.2. The van der Waals surface area contributed by atoms with E-state index in [1.54, 1.807) is 0 Å². The number of hydrogen-bond acceptors (Lipinski definition) is 9. The summed E-state index contributed by atoms with van der Waals surface area (Å²) >= 11 is 3.94. The van der Waals surface area contributed by atoms with E-state index < -0.39 is 46.1 Å². The second-order valence-corrected chi connectivity index (χ2v) is 9.13. The number of amides is 1. The molecule has 1 aromatic rings. The summed E-state index contributed by atoms with van der Waals surface area (Å²) in [6.07, 6.45) is 0.983. The van der Waals surface area contributed by atoms with E-state index in [0.29, 0.717) is 5.75 Å². The van der Waals surface area contributed by atoms with Gasteiger partial charge in [0, 0.05) is 12.6 Å². The molecule has 1 aliphatic rings. The molecule has 13 nitrogen and oxygen atoms in total. The Labute approximate surface area is 182 Å². The second kappa shape index (κ2) is 11.8. The number of thiol groups is 1. The van der Waals surface area contributed by atoms with Crippen molar-refractivity contribution in [3.05, 3.63) is 32.6 Å². The van der Waals surface area contributed by atoms with Gasteiger partial charge in [0.05, 0.1) is 31.9 Å². The minimum Gasteiger partial charge on any atom is -0.374 e. The smallest absolute Gasteiger partial charge is 0.374 e. The van der Waals surface area contributed by atoms with Gasteiger partial charge in [-0.2, -0.15) is 12.6 Å². The number of H-pyrrole nitrogens is 1. The summed E-state index contributed by atoms with van der Waals surface area (Å²) in [6, 6.07) is -0.524. The third-order valence-corrected chi connectivity index (χ3v) is 6.22. The zero-order valence-electron chi connectivity index (χ0n) is 16.0. The number of carbonyl (C=O) groups is 1. The number of carbonyl (C=O) groups excluding carboxylic acids is 1. The van der Waals surface area contributed by atoms with Gasteiger partial charge in [0.25, 0.3) is 5.56 Å². The molecular weight excluding hydrogens is 476 g/mol. The molecule has 2 rings (SSSR count). The Bertz CT molecular complexity index is 1050. The highest BCUT2D eigenvalue weighted by Crippen LogP contribution is 2.50. The molecule has 4 atom stereocenters. The molecule has 1 aromatic heterocycles. The third kappa shape index (κ3) is 8.40. The molecule has 1 aliphatic heterocycles. The normalized spacial score (nSPS) is 21.0. The molecule has 0 spiro atoms. The number of phosphoric ester groups is 1. The first-order valence-corrected chi connectivity index (χ1v) is 12.2. The molecule has 31 heavy (non-hydrogen) atoms. The Morgan fingerprint density at radius 2 is 2.26 bits per heavy atom. The van der Waals surface area contributed by atoms with E-state index in [2.05, 4.69) is 43.6 Å². The first kappa shape index (κ1) is 25.6. The molecule has 172 valence electrons. The van der Waals surface area contributed by atoms with Gasteiger partial charge in [-0.05, 0) is 12.2 Å². The van der Waals surface area contributed by atoms with Crippen LogP contribution in [0.2, 0.25) is 0 Å². The van der Waals surface area contributed by atoms with Crippen molar-refractivity contribution in [2.24, 2.45) is 0 Å². The Hall–Kier alpha value is -1.68. The van der Waals surface area contributed by atoms with Gasteiger partial charge >= 0.3 is 21.8 Å². The number of rotatable bonds is 9. The van der Waals surface area contributed by atoms with Gasteiger partial charge in [0.15, 0.2) is 0 Å². The Morgan fingerprint density at radius 3 is 2.94 bits per heavy atom. The lowest BCUT2D eigenvalue weighted by molar-refractivity contribution is -0.120. The van der Waals surface area contributed by atoms with Crippen molar-refractivity contribution in [1.29, 1.82) is 0 Å². The topological polar surface area (TPSA) is 186 Å². The summed E-state index contributed by atoms with van der Waals surface area (Å²) < 4.78 is 37.1. The van der Waals surface area contributed by atoms with Crippen LogP contribution in [0.15, 0.2) is 15.8 Å². The number of phosphoric acid groups is 1. The molecule has 16 heteroatoms. The van der Waals surface area contributed by atoms with Crippen molar-refractivity contribution in [2.45, 2.75) is 25.0 Å². The van der Waals surface area contributed by atoms with Crippen molar-refractivity contribution in [3.8, 4) is 11.8 Å². The lowest BCUT2D eigenvalue weighted by Crippen LogP contribution is -2.34. The minimum absolute atomic E-state index is 0.00377. The molecule has 0 bridgehead atoms. The van der Waals surface area contributed by atoms with E-state index in [0.717, 1.165) is 0 Å². The lowest BCUT2D eigenvalue weighted by atomic mass is 10.2. The molecule has 0 radical (unpaired) electrons. The number of hydrogen-bond donors (Lipinski definition) is 5. The number of nitrogens with zero attached hydrogens (tertiary/aromatic N) is 1. The second-order valence-electron chi connectivity index (χ2n) is 6.23. The van der Waals surface area contributed by atoms with Crippen LogP contribution in [0.5, 0.6) is 0 Å². The molecule has 0 aliphatic carbocycles. The summed E-state index contributed by atoms with van der Waals surface area (Å²) in [5, 5.41) is 2.54. The minimum atomic E-state index is -4.71. The van der Waals surface area contributed by atoms with Gasteiger partial charge in [0.2, 0.25) is 5.91 Å². The number of ether oxygens (including phenoxy) is 1. The van der Waals surface area contributed by atoms with Crippen LogP contribution < -0.4 is 16.6 Å². The van der Waals surface area contributed by atoms with Gasteiger partial charge in [-0.1, -0.05) is 11.8 Å². The molecule has 0 aromatic carbocycles. The van der Waals surface area contributed by atoms with Gasteiger partial charge in [-0.15, -0.1) is 0 Å². The van der Waals surface area contributed by atoms with E-state index in [4.69, 9.17) is 9.63 Å². The average Bonchev–Trinajstić information content (AvgIpc) is 3.13. The number of nitrogens with one attached hydrogen (secondary N) is 2. The van der Waals surface area contributed by atoms with E-state index in [1.165, 1.54) is 10.8 Å². The fourth-order valence-electron chi connectivity index (χ4n) is 2.62. The molecule has 1 amide bonds. The van der Waals surface area contributed by atoms with Crippen molar-refractivity contribution in [2.75, 3.05) is 25.5 Å². The standard InChI is InChI=1S/C15H21N3O10P2S/c19-13(3-5-31)16-4-1-2-10-7-18(15(21)17-14(10)20)11-6-12(26-8-11)9-27-30(24,25)28-29(22)23/h7,11-12,29,31H,3-6,8-9H2,(H,16,19)(H,22,23)(H,24,25)(H,17,20,21)/t11?,12-/m0/s1. The lowest BCUT2D eigenvalue weighted by Gasteiger charge is -2.14. The van der Waals surface area contributed by atoms with Crippen LogP contribution in [0.4, 0.5) is 0 Å². The largest absolute Gasteiger partial charge is 0.479 e. The Kier molecular flexibility index (Phi) is 9.74. The quantitative estimate of drug-likeness (QED) is 0.164. The highest BCUT2D eigenvalue weighted by molar-refractivity contribution is 7.80. The van der Waals surface area contributed by atoms with Crippen LogP contribution in [0.1, 0.15) is 24.4 Å². The predicted molar refractivity (Wildman–Crippen MR) is 111 cm³/mol. The van der Waals surface area contributed by atoms with Gasteiger partial charge in [-0.25, -0.2) is 13.7 Å². The summed E-state index contributed by atoms with van der Waals surface area (Å²) in [5.41, 5.74) is -1.38. The van der Waals surface area contributed by atoms with Crippen molar-refractivity contribution >= 4 is 34.6 Å². The maximum Gasteiger partial charge on any atom is 0.479 e. The first-order chi connectivity index (χ1) is 14.6. The average molecular weight is 497 g/mol. The molecule has 0 saturated carbocycles. The van der Waals surface area contributed by atoms with Crippen LogP contribution in [-0.2, 0) is 27.5 Å².